The molecule has 1 aromatic rings. The van der Waals surface area contributed by atoms with Crippen LogP contribution in [0, 0.1) is 0 Å². The van der Waals surface area contributed by atoms with Gasteiger partial charge in [0, 0.05) is 6.54 Å². The molecule has 0 aliphatic rings. The molecule has 16 heavy (non-hydrogen) atoms. The number of halogens is 1. The lowest BCUT2D eigenvalue weighted by Gasteiger charge is -2.04. The molecule has 0 aliphatic heterocycles. The standard InChI is InChI=1S/C8H10FNO4S2/c9-15(11,12)7-6-10-16(13,14)8-4-2-1-3-5-8/h1-5,10H,6-7H2. The van der Waals surface area contributed by atoms with Crippen molar-refractivity contribution in [1.29, 1.82) is 0 Å². The third-order valence-electron chi connectivity index (χ3n) is 1.69. The van der Waals surface area contributed by atoms with Crippen LogP contribution in [-0.2, 0) is 20.2 Å². The van der Waals surface area contributed by atoms with Gasteiger partial charge in [0.05, 0.1) is 10.6 Å². The fourth-order valence-corrected chi connectivity index (χ4v) is 2.51. The van der Waals surface area contributed by atoms with Gasteiger partial charge in [0.1, 0.15) is 0 Å². The average molecular weight is 267 g/mol. The Morgan fingerprint density at radius 1 is 1.06 bits per heavy atom. The molecule has 5 nitrogen and oxygen atoms in total. The smallest absolute Gasteiger partial charge is 0.210 e. The largest absolute Gasteiger partial charge is 0.303 e. The summed E-state index contributed by atoms with van der Waals surface area (Å²) >= 11 is 0. The van der Waals surface area contributed by atoms with Crippen molar-refractivity contribution in [2.24, 2.45) is 0 Å². The van der Waals surface area contributed by atoms with E-state index in [1.165, 1.54) is 24.3 Å². The van der Waals surface area contributed by atoms with Crippen LogP contribution in [0.2, 0.25) is 0 Å². The highest BCUT2D eigenvalue weighted by molar-refractivity contribution is 7.89. The van der Waals surface area contributed by atoms with E-state index in [0.717, 1.165) is 0 Å². The molecule has 0 saturated heterocycles. The van der Waals surface area contributed by atoms with Crippen molar-refractivity contribution >= 4 is 20.2 Å². The minimum atomic E-state index is -4.66. The van der Waals surface area contributed by atoms with Crippen LogP contribution in [0.3, 0.4) is 0 Å². The second-order valence-electron chi connectivity index (χ2n) is 2.95. The van der Waals surface area contributed by atoms with Gasteiger partial charge in [0.15, 0.2) is 0 Å². The zero-order chi connectivity index (χ0) is 12.2. The van der Waals surface area contributed by atoms with Gasteiger partial charge >= 0.3 is 10.2 Å². The molecule has 1 rings (SSSR count). The summed E-state index contributed by atoms with van der Waals surface area (Å²) in [5, 5.41) is 0. The third-order valence-corrected chi connectivity index (χ3v) is 3.86. The minimum absolute atomic E-state index is 0.00579. The fraction of sp³-hybridized carbons (Fsp3) is 0.250. The van der Waals surface area contributed by atoms with Crippen molar-refractivity contribution in [3.05, 3.63) is 30.3 Å². The van der Waals surface area contributed by atoms with E-state index in [0.29, 0.717) is 0 Å². The zero-order valence-electron chi connectivity index (χ0n) is 8.13. The monoisotopic (exact) mass is 267 g/mol. The van der Waals surface area contributed by atoms with Gasteiger partial charge in [-0.15, -0.1) is 3.89 Å². The van der Waals surface area contributed by atoms with Crippen LogP contribution in [0.1, 0.15) is 0 Å². The Bertz CT molecular complexity index is 539. The molecule has 0 heterocycles. The van der Waals surface area contributed by atoms with E-state index in [1.807, 2.05) is 4.72 Å². The van der Waals surface area contributed by atoms with Crippen molar-refractivity contribution in [2.75, 3.05) is 12.3 Å². The van der Waals surface area contributed by atoms with Crippen LogP contribution >= 0.6 is 0 Å². The molecule has 90 valence electrons. The van der Waals surface area contributed by atoms with Gasteiger partial charge in [-0.1, -0.05) is 18.2 Å². The van der Waals surface area contributed by atoms with E-state index in [2.05, 4.69) is 0 Å². The first kappa shape index (κ1) is 13.1. The maximum absolute atomic E-state index is 12.1. The summed E-state index contributed by atoms with van der Waals surface area (Å²) in [5.41, 5.74) is 0. The Morgan fingerprint density at radius 2 is 1.62 bits per heavy atom. The summed E-state index contributed by atoms with van der Waals surface area (Å²) in [5.74, 6) is -0.876. The second-order valence-corrected chi connectivity index (χ2v) is 6.21. The van der Waals surface area contributed by atoms with Gasteiger partial charge in [-0.25, -0.2) is 13.1 Å². The van der Waals surface area contributed by atoms with Crippen LogP contribution in [0.25, 0.3) is 0 Å². The van der Waals surface area contributed by atoms with Gasteiger partial charge in [-0.3, -0.25) is 0 Å². The maximum atomic E-state index is 12.1. The highest BCUT2D eigenvalue weighted by Crippen LogP contribution is 2.06. The van der Waals surface area contributed by atoms with E-state index < -0.39 is 32.5 Å². The topological polar surface area (TPSA) is 80.3 Å². The number of hydrogen-bond donors (Lipinski definition) is 1. The molecule has 8 heteroatoms. The van der Waals surface area contributed by atoms with Gasteiger partial charge in [-0.05, 0) is 12.1 Å². The number of rotatable bonds is 5. The van der Waals surface area contributed by atoms with Gasteiger partial charge in [0.25, 0.3) is 0 Å². The van der Waals surface area contributed by atoms with E-state index >= 15 is 0 Å². The fourth-order valence-electron chi connectivity index (χ4n) is 0.981. The Hall–Kier alpha value is -0.990. The lowest BCUT2D eigenvalue weighted by atomic mass is 10.4. The molecule has 0 atom stereocenters. The summed E-state index contributed by atoms with van der Waals surface area (Å²) in [7, 11) is -8.42. The molecular weight excluding hydrogens is 257 g/mol. The van der Waals surface area contributed by atoms with Crippen LogP contribution in [0.5, 0.6) is 0 Å². The molecule has 0 radical (unpaired) electrons. The van der Waals surface area contributed by atoms with Gasteiger partial charge in [-0.2, -0.15) is 8.42 Å². The summed E-state index contributed by atoms with van der Waals surface area (Å²) in [4.78, 5) is 0.00579. The minimum Gasteiger partial charge on any atom is -0.210 e. The van der Waals surface area contributed by atoms with Crippen molar-refractivity contribution in [3.63, 3.8) is 0 Å². The van der Waals surface area contributed by atoms with Crippen molar-refractivity contribution < 1.29 is 20.7 Å². The second kappa shape index (κ2) is 4.89. The van der Waals surface area contributed by atoms with Crippen molar-refractivity contribution in [3.8, 4) is 0 Å². The first-order chi connectivity index (χ1) is 7.31. The number of nitrogens with one attached hydrogen (secondary N) is 1. The SMILES string of the molecule is O=S(=O)(F)CCNS(=O)(=O)c1ccccc1. The Kier molecular flexibility index (Phi) is 4.00. The van der Waals surface area contributed by atoms with E-state index in [1.54, 1.807) is 6.07 Å². The van der Waals surface area contributed by atoms with Gasteiger partial charge in [0.2, 0.25) is 10.0 Å². The summed E-state index contributed by atoms with van der Waals surface area (Å²) in [6.07, 6.45) is 0. The van der Waals surface area contributed by atoms with Crippen LogP contribution in [0.15, 0.2) is 35.2 Å². The summed E-state index contributed by atoms with van der Waals surface area (Å²) in [6, 6.07) is 7.41. The molecule has 1 N–H and O–H groups in total. The third kappa shape index (κ3) is 4.25. The Morgan fingerprint density at radius 3 is 2.12 bits per heavy atom. The molecule has 0 aromatic heterocycles. The van der Waals surface area contributed by atoms with Crippen molar-refractivity contribution in [1.82, 2.24) is 4.72 Å². The predicted octanol–water partition coefficient (Wildman–Crippen LogP) is 0.264. The molecule has 0 bridgehead atoms. The quantitative estimate of drug-likeness (QED) is 0.776. The molecule has 1 aromatic carbocycles. The molecule has 0 fully saturated rings. The number of benzene rings is 1. The normalized spacial score (nSPS) is 12.6. The lowest BCUT2D eigenvalue weighted by Crippen LogP contribution is -2.28. The first-order valence-electron chi connectivity index (χ1n) is 4.28. The van der Waals surface area contributed by atoms with Crippen LogP contribution < -0.4 is 4.72 Å². The summed E-state index contributed by atoms with van der Waals surface area (Å²) < 4.78 is 57.4. The Labute approximate surface area is 93.6 Å². The predicted molar refractivity (Wildman–Crippen MR) is 56.5 cm³/mol. The van der Waals surface area contributed by atoms with Gasteiger partial charge < -0.3 is 0 Å². The van der Waals surface area contributed by atoms with Crippen LogP contribution in [0.4, 0.5) is 3.89 Å². The Balaban J connectivity index is 2.68. The molecule has 0 amide bonds. The highest BCUT2D eigenvalue weighted by Gasteiger charge is 2.14. The highest BCUT2D eigenvalue weighted by atomic mass is 32.3. The number of hydrogen-bond acceptors (Lipinski definition) is 4. The van der Waals surface area contributed by atoms with E-state index in [-0.39, 0.29) is 4.90 Å². The average Bonchev–Trinajstić information content (AvgIpc) is 2.17. The number of sulfonamides is 1. The lowest BCUT2D eigenvalue weighted by molar-refractivity contribution is 0.550. The van der Waals surface area contributed by atoms with E-state index in [4.69, 9.17) is 0 Å². The van der Waals surface area contributed by atoms with Crippen molar-refractivity contribution in [2.45, 2.75) is 4.90 Å². The molecule has 0 saturated carbocycles. The first-order valence-corrected chi connectivity index (χ1v) is 7.32. The molecule has 0 unspecified atom stereocenters. The zero-order valence-corrected chi connectivity index (χ0v) is 9.76. The maximum Gasteiger partial charge on any atom is 0.303 e. The van der Waals surface area contributed by atoms with Crippen LogP contribution in [-0.4, -0.2) is 29.1 Å². The molecule has 0 spiro atoms. The van der Waals surface area contributed by atoms with E-state index in [9.17, 15) is 20.7 Å². The molecular formula is C8H10FNO4S2. The summed E-state index contributed by atoms with van der Waals surface area (Å²) in [6.45, 7) is -0.490. The molecule has 0 aliphatic carbocycles.